The molecule has 17 heavy (non-hydrogen) atoms. The number of likely N-dealkylation sites (tertiary alicyclic amines) is 2. The van der Waals surface area contributed by atoms with Crippen LogP contribution in [0.3, 0.4) is 0 Å². The normalized spacial score (nSPS) is 44.1. The lowest BCUT2D eigenvalue weighted by Crippen LogP contribution is -2.49. The molecule has 3 aliphatic rings. The molecule has 0 aromatic heterocycles. The highest BCUT2D eigenvalue weighted by molar-refractivity contribution is 14.1. The van der Waals surface area contributed by atoms with E-state index in [1.54, 1.807) is 0 Å². The van der Waals surface area contributed by atoms with Crippen molar-refractivity contribution < 1.29 is 3.07 Å². The van der Waals surface area contributed by atoms with Crippen LogP contribution in [-0.2, 0) is 3.07 Å². The molecule has 4 heteroatoms. The zero-order valence-electron chi connectivity index (χ0n) is 10.7. The fourth-order valence-electron chi connectivity index (χ4n) is 3.98. The minimum absolute atomic E-state index is 0.533. The largest absolute Gasteiger partial charge is 0.312 e. The Morgan fingerprint density at radius 3 is 2.71 bits per heavy atom. The summed E-state index contributed by atoms with van der Waals surface area (Å²) in [5.74, 6) is 0. The molecule has 1 atom stereocenters. The van der Waals surface area contributed by atoms with E-state index >= 15 is 0 Å². The van der Waals surface area contributed by atoms with Crippen molar-refractivity contribution in [2.24, 2.45) is 5.41 Å². The molecule has 0 amide bonds. The second-order valence-corrected chi connectivity index (χ2v) is 6.91. The number of nitrogens with zero attached hydrogens (tertiary/aromatic N) is 2. The van der Waals surface area contributed by atoms with E-state index in [1.165, 1.54) is 58.3 Å². The molecule has 0 N–H and O–H groups in total. The van der Waals surface area contributed by atoms with Gasteiger partial charge in [0.2, 0.25) is 0 Å². The van der Waals surface area contributed by atoms with Crippen molar-refractivity contribution in [2.75, 3.05) is 33.2 Å². The van der Waals surface area contributed by atoms with Crippen molar-refractivity contribution in [1.29, 1.82) is 0 Å². The summed E-state index contributed by atoms with van der Waals surface area (Å²) in [6.07, 6.45) is 7.32. The lowest BCUT2D eigenvalue weighted by atomic mass is 9.79. The highest BCUT2D eigenvalue weighted by Gasteiger charge is 2.45. The molecule has 1 aliphatic carbocycles. The Balaban J connectivity index is 1.55. The first-order chi connectivity index (χ1) is 8.21. The number of rotatable bonds is 2. The van der Waals surface area contributed by atoms with Gasteiger partial charge in [0.1, 0.15) is 23.0 Å². The van der Waals surface area contributed by atoms with Crippen molar-refractivity contribution in [2.45, 2.75) is 44.2 Å². The zero-order valence-corrected chi connectivity index (χ0v) is 12.9. The first-order valence-electron chi connectivity index (χ1n) is 6.91. The lowest BCUT2D eigenvalue weighted by molar-refractivity contribution is 0.0379. The fraction of sp³-hybridized carbons (Fsp3) is 1.00. The molecule has 98 valence electrons. The average molecular weight is 350 g/mol. The van der Waals surface area contributed by atoms with Gasteiger partial charge in [-0.3, -0.25) is 4.90 Å². The lowest BCUT2D eigenvalue weighted by Gasteiger charge is -2.42. The van der Waals surface area contributed by atoms with Gasteiger partial charge in [-0.1, -0.05) is 0 Å². The third kappa shape index (κ3) is 2.51. The van der Waals surface area contributed by atoms with Crippen LogP contribution in [-0.4, -0.2) is 55.2 Å². The number of hydrogen-bond acceptors (Lipinski definition) is 3. The van der Waals surface area contributed by atoms with E-state index in [0.29, 0.717) is 11.5 Å². The van der Waals surface area contributed by atoms with E-state index in [0.717, 1.165) is 6.04 Å². The third-order valence-corrected chi connectivity index (χ3v) is 5.75. The van der Waals surface area contributed by atoms with Crippen LogP contribution in [0.15, 0.2) is 0 Å². The van der Waals surface area contributed by atoms with Crippen molar-refractivity contribution in [3.63, 3.8) is 0 Å². The zero-order chi connectivity index (χ0) is 11.9. The maximum atomic E-state index is 5.37. The monoisotopic (exact) mass is 350 g/mol. The molecular weight excluding hydrogens is 327 g/mol. The summed E-state index contributed by atoms with van der Waals surface area (Å²) in [4.78, 5) is 5.27. The highest BCUT2D eigenvalue weighted by atomic mass is 127. The van der Waals surface area contributed by atoms with Gasteiger partial charge in [-0.05, 0) is 57.7 Å². The molecule has 3 rings (SSSR count). The first kappa shape index (κ1) is 12.6. The van der Waals surface area contributed by atoms with Gasteiger partial charge < -0.3 is 7.97 Å². The molecule has 1 spiro atoms. The van der Waals surface area contributed by atoms with Crippen LogP contribution < -0.4 is 0 Å². The molecular formula is C13H23IN2O. The van der Waals surface area contributed by atoms with Crippen LogP contribution in [0.25, 0.3) is 0 Å². The Bertz CT molecular complexity index is 283. The van der Waals surface area contributed by atoms with Crippen LogP contribution in [0.2, 0.25) is 0 Å². The van der Waals surface area contributed by atoms with E-state index in [2.05, 4.69) is 39.9 Å². The van der Waals surface area contributed by atoms with Gasteiger partial charge in [-0.15, -0.1) is 0 Å². The molecule has 2 aliphatic heterocycles. The van der Waals surface area contributed by atoms with Gasteiger partial charge >= 0.3 is 0 Å². The molecule has 2 heterocycles. The van der Waals surface area contributed by atoms with Crippen molar-refractivity contribution in [3.8, 4) is 0 Å². The molecule has 1 unspecified atom stereocenters. The van der Waals surface area contributed by atoms with E-state index in [9.17, 15) is 0 Å². The second kappa shape index (κ2) is 4.94. The van der Waals surface area contributed by atoms with Gasteiger partial charge in [-0.25, -0.2) is 0 Å². The van der Waals surface area contributed by atoms with Crippen LogP contribution in [0.1, 0.15) is 32.1 Å². The van der Waals surface area contributed by atoms with Crippen LogP contribution in [0, 0.1) is 5.41 Å². The summed E-state index contributed by atoms with van der Waals surface area (Å²) >= 11 is 2.05. The summed E-state index contributed by atoms with van der Waals surface area (Å²) in [5, 5.41) is 0. The Kier molecular flexibility index (Phi) is 3.67. The van der Waals surface area contributed by atoms with Crippen molar-refractivity contribution >= 4 is 23.0 Å². The van der Waals surface area contributed by atoms with E-state index in [4.69, 9.17) is 3.07 Å². The molecule has 3 fully saturated rings. The third-order valence-electron chi connectivity index (χ3n) is 5.03. The van der Waals surface area contributed by atoms with Crippen LogP contribution >= 0.6 is 23.0 Å². The summed E-state index contributed by atoms with van der Waals surface area (Å²) in [6, 6.07) is 0.821. The summed E-state index contributed by atoms with van der Waals surface area (Å²) in [6.45, 7) is 5.29. The van der Waals surface area contributed by atoms with E-state index in [1.807, 2.05) is 0 Å². The van der Waals surface area contributed by atoms with Gasteiger partial charge in [0.15, 0.2) is 0 Å². The molecule has 0 aromatic carbocycles. The molecule has 1 saturated carbocycles. The van der Waals surface area contributed by atoms with Crippen molar-refractivity contribution in [3.05, 3.63) is 0 Å². The molecule has 0 radical (unpaired) electrons. The Morgan fingerprint density at radius 1 is 1.18 bits per heavy atom. The number of hydrogen-bond donors (Lipinski definition) is 0. The quantitative estimate of drug-likeness (QED) is 0.711. The molecule has 0 bridgehead atoms. The summed E-state index contributed by atoms with van der Waals surface area (Å²) in [7, 11) is 2.28. The van der Waals surface area contributed by atoms with Crippen LogP contribution in [0.5, 0.6) is 0 Å². The number of halogens is 1. The predicted molar refractivity (Wildman–Crippen MR) is 77.3 cm³/mol. The smallest absolute Gasteiger partial charge is 0.110 e. The number of piperidine rings is 1. The Morgan fingerprint density at radius 2 is 2.00 bits per heavy atom. The fourth-order valence-corrected chi connectivity index (χ4v) is 4.39. The van der Waals surface area contributed by atoms with Gasteiger partial charge in [0.25, 0.3) is 0 Å². The second-order valence-electron chi connectivity index (χ2n) is 6.40. The minimum atomic E-state index is 0.533. The van der Waals surface area contributed by atoms with E-state index < -0.39 is 0 Å². The average Bonchev–Trinajstić information content (AvgIpc) is 2.60. The Labute approximate surface area is 119 Å². The predicted octanol–water partition coefficient (Wildman–Crippen LogP) is 2.30. The maximum Gasteiger partial charge on any atom is 0.110 e. The SMILES string of the molecule is CN1CCCC2(CCN(C3CC(OI)C3)C2)C1. The molecule has 0 aromatic rings. The molecule has 3 nitrogen and oxygen atoms in total. The minimum Gasteiger partial charge on any atom is -0.312 e. The van der Waals surface area contributed by atoms with Gasteiger partial charge in [-0.2, -0.15) is 0 Å². The maximum absolute atomic E-state index is 5.37. The van der Waals surface area contributed by atoms with Gasteiger partial charge in [0.05, 0.1) is 6.10 Å². The Hall–Kier alpha value is 0.610. The summed E-state index contributed by atoms with van der Waals surface area (Å²) < 4.78 is 5.37. The van der Waals surface area contributed by atoms with Crippen LogP contribution in [0.4, 0.5) is 0 Å². The highest BCUT2D eigenvalue weighted by Crippen LogP contribution is 2.42. The summed E-state index contributed by atoms with van der Waals surface area (Å²) in [5.41, 5.74) is 0.628. The molecule has 2 saturated heterocycles. The topological polar surface area (TPSA) is 15.7 Å². The van der Waals surface area contributed by atoms with Crippen molar-refractivity contribution in [1.82, 2.24) is 9.80 Å². The standard InChI is InChI=1S/C13H23IN2O/c1-15-5-2-3-13(9-15)4-6-16(10-13)11-7-12(8-11)17-14/h11-12H,2-10H2,1H3. The van der Waals surface area contributed by atoms with Gasteiger partial charge in [0, 0.05) is 19.1 Å². The van der Waals surface area contributed by atoms with E-state index in [-0.39, 0.29) is 0 Å². The first-order valence-corrected chi connectivity index (χ1v) is 7.79.